The van der Waals surface area contributed by atoms with Gasteiger partial charge in [-0.3, -0.25) is 0 Å². The van der Waals surface area contributed by atoms with Crippen LogP contribution in [0, 0.1) is 0 Å². The minimum atomic E-state index is -3.38. The molecule has 114 valence electrons. The molecule has 0 atom stereocenters. The lowest BCUT2D eigenvalue weighted by Crippen LogP contribution is -2.24. The number of aryl methyl sites for hydroxylation is 2. The Morgan fingerprint density at radius 2 is 1.86 bits per heavy atom. The van der Waals surface area contributed by atoms with Crippen molar-refractivity contribution in [2.24, 2.45) is 0 Å². The first-order valence-electron chi connectivity index (χ1n) is 6.87. The number of benzene rings is 1. The maximum Gasteiger partial charge on any atom is 0.250 e. The van der Waals surface area contributed by atoms with Crippen molar-refractivity contribution in [1.82, 2.24) is 4.72 Å². The summed E-state index contributed by atoms with van der Waals surface area (Å²) in [6.07, 6.45) is 2.34. The molecule has 0 saturated heterocycles. The molecule has 0 aliphatic heterocycles. The Balaban J connectivity index is 1.83. The third-order valence-electron chi connectivity index (χ3n) is 3.12. The highest BCUT2D eigenvalue weighted by atomic mass is 32.2. The summed E-state index contributed by atoms with van der Waals surface area (Å²) in [5.74, 6) is 0.240. The van der Waals surface area contributed by atoms with Crippen molar-refractivity contribution in [2.45, 2.75) is 30.4 Å². The smallest absolute Gasteiger partial charge is 0.250 e. The van der Waals surface area contributed by atoms with Gasteiger partial charge in [0.2, 0.25) is 10.0 Å². The second kappa shape index (κ2) is 7.06. The van der Waals surface area contributed by atoms with E-state index in [1.807, 2.05) is 25.1 Å². The number of thiophene rings is 1. The van der Waals surface area contributed by atoms with Gasteiger partial charge in [-0.15, -0.1) is 11.3 Å². The SMILES string of the molecule is CCc1ccc(S(=O)(=O)NCCCc2ccc(O)cc2)s1. The van der Waals surface area contributed by atoms with Crippen LogP contribution in [0.3, 0.4) is 0 Å². The minimum absolute atomic E-state index is 0.240. The number of phenols is 1. The van der Waals surface area contributed by atoms with Gasteiger partial charge in [-0.1, -0.05) is 19.1 Å². The van der Waals surface area contributed by atoms with E-state index in [-0.39, 0.29) is 5.75 Å². The van der Waals surface area contributed by atoms with E-state index in [2.05, 4.69) is 4.72 Å². The largest absolute Gasteiger partial charge is 0.508 e. The van der Waals surface area contributed by atoms with Gasteiger partial charge >= 0.3 is 0 Å². The van der Waals surface area contributed by atoms with Crippen molar-refractivity contribution in [2.75, 3.05) is 6.54 Å². The topological polar surface area (TPSA) is 66.4 Å². The normalized spacial score (nSPS) is 11.7. The van der Waals surface area contributed by atoms with Crippen LogP contribution in [0.25, 0.3) is 0 Å². The van der Waals surface area contributed by atoms with Crippen molar-refractivity contribution in [3.8, 4) is 5.75 Å². The predicted molar refractivity (Wildman–Crippen MR) is 85.3 cm³/mol. The lowest BCUT2D eigenvalue weighted by molar-refractivity contribution is 0.475. The second-order valence-corrected chi connectivity index (χ2v) is 7.90. The highest BCUT2D eigenvalue weighted by Crippen LogP contribution is 2.21. The van der Waals surface area contributed by atoms with Crippen LogP contribution < -0.4 is 4.72 Å². The number of hydrogen-bond acceptors (Lipinski definition) is 4. The second-order valence-electron chi connectivity index (χ2n) is 4.74. The van der Waals surface area contributed by atoms with E-state index in [1.54, 1.807) is 18.2 Å². The third-order valence-corrected chi connectivity index (χ3v) is 6.30. The first-order chi connectivity index (χ1) is 10.0. The number of sulfonamides is 1. The molecule has 2 N–H and O–H groups in total. The highest BCUT2D eigenvalue weighted by molar-refractivity contribution is 7.91. The van der Waals surface area contributed by atoms with Gasteiger partial charge in [-0.05, 0) is 49.1 Å². The molecule has 1 heterocycles. The first kappa shape index (κ1) is 16.0. The average molecular weight is 325 g/mol. The fourth-order valence-electron chi connectivity index (χ4n) is 1.93. The van der Waals surface area contributed by atoms with Crippen molar-refractivity contribution in [3.63, 3.8) is 0 Å². The summed E-state index contributed by atoms with van der Waals surface area (Å²) in [5, 5.41) is 9.19. The van der Waals surface area contributed by atoms with Gasteiger partial charge in [0.1, 0.15) is 9.96 Å². The Morgan fingerprint density at radius 3 is 2.48 bits per heavy atom. The summed E-state index contributed by atoms with van der Waals surface area (Å²) in [7, 11) is -3.38. The van der Waals surface area contributed by atoms with E-state index < -0.39 is 10.0 Å². The Kier molecular flexibility index (Phi) is 5.39. The van der Waals surface area contributed by atoms with E-state index in [0.717, 1.165) is 29.7 Å². The van der Waals surface area contributed by atoms with E-state index in [0.29, 0.717) is 10.8 Å². The van der Waals surface area contributed by atoms with Gasteiger partial charge in [-0.25, -0.2) is 13.1 Å². The number of nitrogens with one attached hydrogen (secondary N) is 1. The van der Waals surface area contributed by atoms with Crippen molar-refractivity contribution >= 4 is 21.4 Å². The highest BCUT2D eigenvalue weighted by Gasteiger charge is 2.15. The maximum absolute atomic E-state index is 12.1. The van der Waals surface area contributed by atoms with Gasteiger partial charge in [0.25, 0.3) is 0 Å². The molecule has 0 aliphatic rings. The molecule has 0 unspecified atom stereocenters. The standard InChI is InChI=1S/C15H19NO3S2/c1-2-14-9-10-15(20-14)21(18,19)16-11-3-4-12-5-7-13(17)8-6-12/h5-10,16-17H,2-4,11H2,1H3. The molecular formula is C15H19NO3S2. The number of phenolic OH excluding ortho intramolecular Hbond substituents is 1. The Hall–Kier alpha value is -1.37. The Labute approximate surface area is 129 Å². The molecule has 0 aliphatic carbocycles. The lowest BCUT2D eigenvalue weighted by Gasteiger charge is -2.05. The molecule has 1 aromatic heterocycles. The fraction of sp³-hybridized carbons (Fsp3) is 0.333. The van der Waals surface area contributed by atoms with Crippen LogP contribution in [-0.2, 0) is 22.9 Å². The summed E-state index contributed by atoms with van der Waals surface area (Å²) in [4.78, 5) is 1.07. The monoisotopic (exact) mass is 325 g/mol. The zero-order chi connectivity index (χ0) is 15.3. The van der Waals surface area contributed by atoms with Crippen LogP contribution in [0.4, 0.5) is 0 Å². The van der Waals surface area contributed by atoms with E-state index in [9.17, 15) is 13.5 Å². The van der Waals surface area contributed by atoms with Crippen molar-refractivity contribution in [1.29, 1.82) is 0 Å². The predicted octanol–water partition coefficient (Wildman–Crippen LogP) is 2.93. The third kappa shape index (κ3) is 4.56. The molecule has 0 radical (unpaired) electrons. The quantitative estimate of drug-likeness (QED) is 0.769. The molecule has 0 amide bonds. The summed E-state index contributed by atoms with van der Waals surface area (Å²) in [5.41, 5.74) is 1.08. The molecule has 21 heavy (non-hydrogen) atoms. The zero-order valence-electron chi connectivity index (χ0n) is 11.9. The van der Waals surface area contributed by atoms with Crippen LogP contribution in [0.5, 0.6) is 5.75 Å². The van der Waals surface area contributed by atoms with Gasteiger partial charge in [0.15, 0.2) is 0 Å². The molecule has 0 fully saturated rings. The first-order valence-corrected chi connectivity index (χ1v) is 9.17. The number of rotatable bonds is 7. The van der Waals surface area contributed by atoms with Crippen LogP contribution in [0.2, 0.25) is 0 Å². The van der Waals surface area contributed by atoms with E-state index in [4.69, 9.17) is 0 Å². The zero-order valence-corrected chi connectivity index (χ0v) is 13.5. The molecule has 0 saturated carbocycles. The maximum atomic E-state index is 12.1. The molecule has 2 aromatic rings. The van der Waals surface area contributed by atoms with Gasteiger partial charge in [0, 0.05) is 11.4 Å². The number of hydrogen-bond donors (Lipinski definition) is 2. The minimum Gasteiger partial charge on any atom is -0.508 e. The van der Waals surface area contributed by atoms with Crippen LogP contribution in [0.15, 0.2) is 40.6 Å². The molecule has 0 spiro atoms. The van der Waals surface area contributed by atoms with Crippen molar-refractivity contribution in [3.05, 3.63) is 46.8 Å². The molecular weight excluding hydrogens is 306 g/mol. The summed E-state index contributed by atoms with van der Waals surface area (Å²) in [6.45, 7) is 2.41. The van der Waals surface area contributed by atoms with Gasteiger partial charge in [-0.2, -0.15) is 0 Å². The van der Waals surface area contributed by atoms with Crippen LogP contribution in [-0.4, -0.2) is 20.1 Å². The van der Waals surface area contributed by atoms with Crippen LogP contribution in [0.1, 0.15) is 23.8 Å². The molecule has 6 heteroatoms. The van der Waals surface area contributed by atoms with E-state index in [1.165, 1.54) is 11.3 Å². The van der Waals surface area contributed by atoms with Gasteiger partial charge in [0.05, 0.1) is 0 Å². The summed E-state index contributed by atoms with van der Waals surface area (Å²) in [6, 6.07) is 10.5. The van der Waals surface area contributed by atoms with Crippen molar-refractivity contribution < 1.29 is 13.5 Å². The van der Waals surface area contributed by atoms with E-state index >= 15 is 0 Å². The number of aromatic hydroxyl groups is 1. The molecule has 4 nitrogen and oxygen atoms in total. The molecule has 1 aromatic carbocycles. The lowest BCUT2D eigenvalue weighted by atomic mass is 10.1. The average Bonchev–Trinajstić information content (AvgIpc) is 2.95. The molecule has 0 bridgehead atoms. The van der Waals surface area contributed by atoms with Gasteiger partial charge < -0.3 is 5.11 Å². The molecule has 2 rings (SSSR count). The Morgan fingerprint density at radius 1 is 1.14 bits per heavy atom. The fourth-order valence-corrected chi connectivity index (χ4v) is 4.34. The summed E-state index contributed by atoms with van der Waals surface area (Å²) >= 11 is 1.32. The summed E-state index contributed by atoms with van der Waals surface area (Å²) < 4.78 is 27.2. The van der Waals surface area contributed by atoms with Crippen LogP contribution >= 0.6 is 11.3 Å². The Bertz CT molecular complexity index is 675.